The van der Waals surface area contributed by atoms with E-state index in [1.165, 1.54) is 0 Å². The van der Waals surface area contributed by atoms with E-state index >= 15 is 0 Å². The first kappa shape index (κ1) is 19.2. The average Bonchev–Trinajstić information content (AvgIpc) is 2.98. The van der Waals surface area contributed by atoms with Gasteiger partial charge in [0, 0.05) is 48.3 Å². The summed E-state index contributed by atoms with van der Waals surface area (Å²) in [6, 6.07) is 13.9. The highest BCUT2D eigenvalue weighted by molar-refractivity contribution is 9.10. The van der Waals surface area contributed by atoms with Crippen LogP contribution in [-0.2, 0) is 12.1 Å². The van der Waals surface area contributed by atoms with Crippen LogP contribution < -0.4 is 15.2 Å². The molecule has 0 unspecified atom stereocenters. The summed E-state index contributed by atoms with van der Waals surface area (Å²) in [6.07, 6.45) is 0. The number of methoxy groups -OCH3 is 2. The van der Waals surface area contributed by atoms with Crippen LogP contribution in [0.4, 0.5) is 0 Å². The number of ether oxygens (including phenoxy) is 2. The Hall–Kier alpha value is -1.60. The number of aliphatic hydroxyl groups is 1. The number of nitrogens with zero attached hydrogens (tertiary/aromatic N) is 1. The third kappa shape index (κ3) is 3.74. The number of nitrogens with two attached hydrogens (primary N) is 1. The number of hydrogen-bond acceptors (Lipinski definition) is 5. The van der Waals surface area contributed by atoms with Crippen LogP contribution in [-0.4, -0.2) is 43.9 Å². The lowest BCUT2D eigenvalue weighted by molar-refractivity contribution is 0.185. The second-order valence-corrected chi connectivity index (χ2v) is 7.69. The third-order valence-corrected chi connectivity index (χ3v) is 5.66. The maximum Gasteiger partial charge on any atom is 0.127 e. The fourth-order valence-electron chi connectivity index (χ4n) is 3.71. The highest BCUT2D eigenvalue weighted by Gasteiger charge is 2.44. The third-order valence-electron chi connectivity index (χ3n) is 5.16. The Morgan fingerprint density at radius 3 is 2.69 bits per heavy atom. The number of rotatable bonds is 6. The first-order chi connectivity index (χ1) is 12.5. The molecule has 1 saturated heterocycles. The van der Waals surface area contributed by atoms with Gasteiger partial charge in [0.15, 0.2) is 0 Å². The molecule has 6 heteroatoms. The molecular weight excluding hydrogens is 396 g/mol. The van der Waals surface area contributed by atoms with Gasteiger partial charge in [-0.25, -0.2) is 0 Å². The first-order valence-electron chi connectivity index (χ1n) is 8.59. The van der Waals surface area contributed by atoms with Gasteiger partial charge in [0.2, 0.25) is 0 Å². The van der Waals surface area contributed by atoms with E-state index in [4.69, 9.17) is 15.2 Å². The highest BCUT2D eigenvalue weighted by Crippen LogP contribution is 2.37. The normalized spacial score (nSPS) is 23.2. The quantitative estimate of drug-likeness (QED) is 0.751. The van der Waals surface area contributed by atoms with Crippen LogP contribution in [0.1, 0.15) is 11.1 Å². The molecule has 0 radical (unpaired) electrons. The van der Waals surface area contributed by atoms with Crippen molar-refractivity contribution in [1.82, 2.24) is 4.90 Å². The molecule has 3 rings (SSSR count). The monoisotopic (exact) mass is 420 g/mol. The molecule has 1 heterocycles. The molecule has 1 aliphatic heterocycles. The number of benzene rings is 2. The van der Waals surface area contributed by atoms with Crippen LogP contribution in [0.15, 0.2) is 46.9 Å². The van der Waals surface area contributed by atoms with Crippen molar-refractivity contribution in [1.29, 1.82) is 0 Å². The molecule has 0 spiro atoms. The van der Waals surface area contributed by atoms with Gasteiger partial charge in [-0.2, -0.15) is 0 Å². The Morgan fingerprint density at radius 2 is 2.04 bits per heavy atom. The predicted molar refractivity (Wildman–Crippen MR) is 105 cm³/mol. The van der Waals surface area contributed by atoms with Crippen LogP contribution in [0, 0.1) is 5.92 Å². The van der Waals surface area contributed by atoms with Gasteiger partial charge in [0.25, 0.3) is 0 Å². The molecule has 2 aromatic carbocycles. The smallest absolute Gasteiger partial charge is 0.127 e. The molecule has 1 fully saturated rings. The maximum absolute atomic E-state index is 9.93. The van der Waals surface area contributed by atoms with E-state index in [-0.39, 0.29) is 12.5 Å². The largest absolute Gasteiger partial charge is 0.497 e. The van der Waals surface area contributed by atoms with E-state index in [2.05, 4.69) is 20.8 Å². The lowest BCUT2D eigenvalue weighted by Gasteiger charge is -2.30. The van der Waals surface area contributed by atoms with Crippen molar-refractivity contribution in [3.63, 3.8) is 0 Å². The van der Waals surface area contributed by atoms with E-state index in [0.717, 1.165) is 33.6 Å². The Kier molecular flexibility index (Phi) is 5.87. The molecule has 3 N–H and O–H groups in total. The highest BCUT2D eigenvalue weighted by atomic mass is 79.9. The Labute approximate surface area is 162 Å². The van der Waals surface area contributed by atoms with Crippen LogP contribution in [0.5, 0.6) is 11.5 Å². The van der Waals surface area contributed by atoms with Crippen molar-refractivity contribution >= 4 is 15.9 Å². The summed E-state index contributed by atoms with van der Waals surface area (Å²) in [5.41, 5.74) is 8.32. The topological polar surface area (TPSA) is 68.0 Å². The average molecular weight is 421 g/mol. The zero-order valence-corrected chi connectivity index (χ0v) is 16.7. The molecule has 0 aromatic heterocycles. The zero-order chi connectivity index (χ0) is 18.7. The van der Waals surface area contributed by atoms with E-state index in [0.29, 0.717) is 13.1 Å². The number of aliphatic hydroxyl groups excluding tert-OH is 1. The van der Waals surface area contributed by atoms with Crippen LogP contribution in [0.2, 0.25) is 0 Å². The molecule has 0 bridgehead atoms. The Balaban J connectivity index is 1.83. The Bertz CT molecular complexity index is 770. The maximum atomic E-state index is 9.93. The summed E-state index contributed by atoms with van der Waals surface area (Å²) in [7, 11) is 3.30. The van der Waals surface area contributed by atoms with Gasteiger partial charge in [0.1, 0.15) is 11.5 Å². The predicted octanol–water partition coefficient (Wildman–Crippen LogP) is 2.74. The van der Waals surface area contributed by atoms with Crippen molar-refractivity contribution in [3.8, 4) is 11.5 Å². The zero-order valence-electron chi connectivity index (χ0n) is 15.1. The van der Waals surface area contributed by atoms with E-state index < -0.39 is 5.54 Å². The van der Waals surface area contributed by atoms with Crippen molar-refractivity contribution in [3.05, 3.63) is 58.1 Å². The van der Waals surface area contributed by atoms with Gasteiger partial charge < -0.3 is 20.3 Å². The van der Waals surface area contributed by atoms with E-state index in [9.17, 15) is 5.11 Å². The molecular formula is C20H25BrN2O3. The molecule has 5 nitrogen and oxygen atoms in total. The molecule has 140 valence electrons. The fraction of sp³-hybridized carbons (Fsp3) is 0.400. The van der Waals surface area contributed by atoms with Gasteiger partial charge in [-0.05, 0) is 23.8 Å². The minimum atomic E-state index is -0.585. The SMILES string of the molecule is COc1ccc(CN2C[C@H](CO)[C@](N)(c3cccc(Br)c3)C2)c(OC)c1. The summed E-state index contributed by atoms with van der Waals surface area (Å²) in [4.78, 5) is 2.27. The first-order valence-corrected chi connectivity index (χ1v) is 9.38. The van der Waals surface area contributed by atoms with E-state index in [1.54, 1.807) is 14.2 Å². The van der Waals surface area contributed by atoms with Crippen LogP contribution in [0.3, 0.4) is 0 Å². The lowest BCUT2D eigenvalue weighted by Crippen LogP contribution is -2.45. The van der Waals surface area contributed by atoms with Gasteiger partial charge in [-0.3, -0.25) is 4.90 Å². The van der Waals surface area contributed by atoms with Crippen LogP contribution >= 0.6 is 15.9 Å². The molecule has 0 aliphatic carbocycles. The Morgan fingerprint density at radius 1 is 1.23 bits per heavy atom. The molecule has 2 atom stereocenters. The molecule has 1 aliphatic rings. The number of likely N-dealkylation sites (tertiary alicyclic amines) is 1. The summed E-state index contributed by atoms with van der Waals surface area (Å²) in [6.45, 7) is 2.16. The number of hydrogen-bond donors (Lipinski definition) is 2. The van der Waals surface area contributed by atoms with Crippen molar-refractivity contribution < 1.29 is 14.6 Å². The molecule has 0 amide bonds. The van der Waals surface area contributed by atoms with Crippen molar-refractivity contribution in [2.24, 2.45) is 11.7 Å². The van der Waals surface area contributed by atoms with Gasteiger partial charge >= 0.3 is 0 Å². The molecule has 26 heavy (non-hydrogen) atoms. The molecule has 0 saturated carbocycles. The van der Waals surface area contributed by atoms with E-state index in [1.807, 2.05) is 42.5 Å². The molecule has 2 aromatic rings. The second kappa shape index (κ2) is 7.96. The second-order valence-electron chi connectivity index (χ2n) is 6.78. The van der Waals surface area contributed by atoms with Crippen LogP contribution in [0.25, 0.3) is 0 Å². The summed E-state index contributed by atoms with van der Waals surface area (Å²) < 4.78 is 11.8. The standard InChI is InChI=1S/C20H25BrN2O3/c1-25-18-7-6-14(19(9-18)26-2)10-23-11-16(12-24)20(22,13-23)15-4-3-5-17(21)8-15/h3-9,16,24H,10-13,22H2,1-2H3/t16-,20-/m1/s1. The van der Waals surface area contributed by atoms with Gasteiger partial charge in [0.05, 0.1) is 19.8 Å². The lowest BCUT2D eigenvalue weighted by atomic mass is 9.82. The fourth-order valence-corrected chi connectivity index (χ4v) is 4.11. The van der Waals surface area contributed by atoms with Gasteiger partial charge in [-0.15, -0.1) is 0 Å². The van der Waals surface area contributed by atoms with Crippen molar-refractivity contribution in [2.75, 3.05) is 33.9 Å². The minimum absolute atomic E-state index is 0.0268. The number of halogens is 1. The summed E-state index contributed by atoms with van der Waals surface area (Å²) in [5.74, 6) is 1.53. The minimum Gasteiger partial charge on any atom is -0.497 e. The van der Waals surface area contributed by atoms with Gasteiger partial charge in [-0.1, -0.05) is 34.1 Å². The summed E-state index contributed by atoms with van der Waals surface area (Å²) >= 11 is 3.52. The van der Waals surface area contributed by atoms with Crippen molar-refractivity contribution in [2.45, 2.75) is 12.1 Å². The summed E-state index contributed by atoms with van der Waals surface area (Å²) in [5, 5.41) is 9.93.